The minimum Gasteiger partial charge on any atom is -0.495 e. The minimum absolute atomic E-state index is 0.229. The number of aryl methyl sites for hydroxylation is 4. The van der Waals surface area contributed by atoms with Crippen LogP contribution in [-0.4, -0.2) is 33.0 Å². The predicted octanol–water partition coefficient (Wildman–Crippen LogP) is 5.45. The van der Waals surface area contributed by atoms with Crippen molar-refractivity contribution < 1.29 is 14.4 Å². The Hall–Kier alpha value is -2.83. The average Bonchev–Trinajstić information content (AvgIpc) is 3.28. The first-order chi connectivity index (χ1) is 15.4. The summed E-state index contributed by atoms with van der Waals surface area (Å²) in [4.78, 5) is 5.01. The molecule has 0 unspecified atom stereocenters. The number of aliphatic hydroxyl groups is 1. The highest BCUT2D eigenvalue weighted by Gasteiger charge is 2.31. The van der Waals surface area contributed by atoms with Crippen LogP contribution in [-0.2, 0) is 12.8 Å². The molecule has 32 heavy (non-hydrogen) atoms. The molecule has 2 aromatic heterocycles. The van der Waals surface area contributed by atoms with Gasteiger partial charge >= 0.3 is 0 Å². The van der Waals surface area contributed by atoms with Crippen molar-refractivity contribution in [2.45, 2.75) is 51.7 Å². The quantitative estimate of drug-likeness (QED) is 0.422. The van der Waals surface area contributed by atoms with E-state index >= 15 is 0 Å². The maximum atomic E-state index is 9.92. The Kier molecular flexibility index (Phi) is 5.43. The molecular weight excluding hydrogens is 426 g/mol. The summed E-state index contributed by atoms with van der Waals surface area (Å²) in [5.41, 5.74) is 6.14. The summed E-state index contributed by atoms with van der Waals surface area (Å²) in [7, 11) is 1.62. The topological polar surface area (TPSA) is 73.3 Å². The fraction of sp³-hybridized carbons (Fsp3) is 0.360. The van der Waals surface area contributed by atoms with E-state index in [0.29, 0.717) is 10.8 Å². The number of methoxy groups -OCH3 is 1. The predicted molar refractivity (Wildman–Crippen MR) is 124 cm³/mol. The number of benzene rings is 2. The van der Waals surface area contributed by atoms with Crippen LogP contribution in [0.15, 0.2) is 40.9 Å². The largest absolute Gasteiger partial charge is 0.495 e. The van der Waals surface area contributed by atoms with E-state index in [-0.39, 0.29) is 12.1 Å². The van der Waals surface area contributed by atoms with Crippen LogP contribution in [0.2, 0.25) is 5.02 Å². The van der Waals surface area contributed by atoms with Gasteiger partial charge in [0.15, 0.2) is 0 Å². The number of hydrogen-bond acceptors (Lipinski definition) is 5. The van der Waals surface area contributed by atoms with E-state index in [0.717, 1.165) is 70.7 Å². The van der Waals surface area contributed by atoms with Crippen molar-refractivity contribution >= 4 is 22.6 Å². The normalized spacial score (nSPS) is 18.2. The molecule has 2 aromatic carbocycles. The van der Waals surface area contributed by atoms with Crippen LogP contribution in [0.1, 0.15) is 41.7 Å². The summed E-state index contributed by atoms with van der Waals surface area (Å²) in [6.07, 6.45) is 2.90. The number of hydrogen-bond donors (Lipinski definition) is 1. The van der Waals surface area contributed by atoms with Crippen molar-refractivity contribution in [1.29, 1.82) is 0 Å². The summed E-state index contributed by atoms with van der Waals surface area (Å²) in [6.45, 7) is 3.88. The van der Waals surface area contributed by atoms with Crippen molar-refractivity contribution in [3.63, 3.8) is 0 Å². The van der Waals surface area contributed by atoms with Gasteiger partial charge in [-0.1, -0.05) is 28.9 Å². The lowest BCUT2D eigenvalue weighted by atomic mass is 9.89. The van der Waals surface area contributed by atoms with E-state index in [1.807, 2.05) is 32.0 Å². The molecule has 4 aromatic rings. The molecule has 0 spiro atoms. The minimum atomic E-state index is -0.229. The number of imidazole rings is 1. The Balaban J connectivity index is 1.50. The Morgan fingerprint density at radius 1 is 1.16 bits per heavy atom. The van der Waals surface area contributed by atoms with Gasteiger partial charge in [0.05, 0.1) is 35.0 Å². The zero-order valence-electron chi connectivity index (χ0n) is 18.4. The molecule has 1 aliphatic carbocycles. The summed E-state index contributed by atoms with van der Waals surface area (Å²) in [6, 6.07) is 12.5. The maximum absolute atomic E-state index is 9.92. The molecule has 0 bridgehead atoms. The Labute approximate surface area is 191 Å². The lowest BCUT2D eigenvalue weighted by molar-refractivity contribution is 0.0490. The number of aliphatic hydroxyl groups excluding tert-OH is 1. The van der Waals surface area contributed by atoms with Crippen LogP contribution >= 0.6 is 11.6 Å². The molecule has 7 heteroatoms. The van der Waals surface area contributed by atoms with Gasteiger partial charge in [-0.05, 0) is 68.5 Å². The second kappa shape index (κ2) is 8.26. The van der Waals surface area contributed by atoms with Gasteiger partial charge in [0.2, 0.25) is 0 Å². The SMILES string of the molecule is COc1ccc(CCc2nc3cc(-c4c(C)noc4C)ccc3n2C2CC(O)C2)cc1Cl. The molecule has 2 heterocycles. The fourth-order valence-electron chi connectivity index (χ4n) is 4.67. The molecule has 1 fully saturated rings. The van der Waals surface area contributed by atoms with Crippen LogP contribution in [0.4, 0.5) is 0 Å². The number of aromatic nitrogens is 3. The van der Waals surface area contributed by atoms with E-state index in [1.165, 1.54) is 0 Å². The van der Waals surface area contributed by atoms with Gasteiger partial charge in [0.25, 0.3) is 0 Å². The van der Waals surface area contributed by atoms with Crippen LogP contribution in [0, 0.1) is 13.8 Å². The number of nitrogens with zero attached hydrogens (tertiary/aromatic N) is 3. The highest BCUT2D eigenvalue weighted by atomic mass is 35.5. The van der Waals surface area contributed by atoms with Crippen molar-refractivity contribution in [2.75, 3.05) is 7.11 Å². The zero-order valence-corrected chi connectivity index (χ0v) is 19.2. The molecule has 0 atom stereocenters. The number of fused-ring (bicyclic) bond motifs is 1. The standard InChI is InChI=1S/C25H26ClN3O3/c1-14-25(15(2)32-28-14)17-6-7-22-21(11-17)27-24(29(22)18-12-19(30)13-18)9-5-16-4-8-23(31-3)20(26)10-16/h4,6-8,10-11,18-19,30H,5,9,12-13H2,1-3H3. The monoisotopic (exact) mass is 451 g/mol. The van der Waals surface area contributed by atoms with Gasteiger partial charge in [-0.15, -0.1) is 0 Å². The molecule has 0 amide bonds. The van der Waals surface area contributed by atoms with E-state index in [4.69, 9.17) is 25.8 Å². The number of ether oxygens (including phenoxy) is 1. The van der Waals surface area contributed by atoms with Crippen LogP contribution in [0.25, 0.3) is 22.2 Å². The third kappa shape index (κ3) is 3.67. The summed E-state index contributed by atoms with van der Waals surface area (Å²) < 4.78 is 12.9. The Bertz CT molecular complexity index is 1270. The van der Waals surface area contributed by atoms with E-state index in [2.05, 4.69) is 27.9 Å². The third-order valence-electron chi connectivity index (χ3n) is 6.39. The fourth-order valence-corrected chi connectivity index (χ4v) is 4.95. The van der Waals surface area contributed by atoms with Gasteiger partial charge in [-0.25, -0.2) is 4.98 Å². The maximum Gasteiger partial charge on any atom is 0.141 e. The van der Waals surface area contributed by atoms with Gasteiger partial charge in [0.1, 0.15) is 17.3 Å². The smallest absolute Gasteiger partial charge is 0.141 e. The summed E-state index contributed by atoms with van der Waals surface area (Å²) >= 11 is 6.31. The molecule has 1 saturated carbocycles. The molecule has 166 valence electrons. The van der Waals surface area contributed by atoms with Crippen LogP contribution < -0.4 is 4.74 Å². The van der Waals surface area contributed by atoms with Crippen molar-refractivity contribution in [3.05, 3.63) is 64.3 Å². The Morgan fingerprint density at radius 2 is 1.97 bits per heavy atom. The lowest BCUT2D eigenvalue weighted by Gasteiger charge is -2.34. The molecule has 0 saturated heterocycles. The lowest BCUT2D eigenvalue weighted by Crippen LogP contribution is -2.31. The summed E-state index contributed by atoms with van der Waals surface area (Å²) in [5.74, 6) is 2.51. The number of halogens is 1. The van der Waals surface area contributed by atoms with Crippen molar-refractivity contribution in [2.24, 2.45) is 0 Å². The molecule has 1 aliphatic rings. The molecule has 6 nitrogen and oxygen atoms in total. The highest BCUT2D eigenvalue weighted by Crippen LogP contribution is 2.38. The van der Waals surface area contributed by atoms with Gasteiger partial charge in [0, 0.05) is 18.0 Å². The first-order valence-corrected chi connectivity index (χ1v) is 11.3. The summed E-state index contributed by atoms with van der Waals surface area (Å²) in [5, 5.41) is 14.6. The van der Waals surface area contributed by atoms with E-state index in [9.17, 15) is 5.11 Å². The van der Waals surface area contributed by atoms with E-state index < -0.39 is 0 Å². The molecule has 5 rings (SSSR count). The van der Waals surface area contributed by atoms with Gasteiger partial charge in [-0.3, -0.25) is 0 Å². The van der Waals surface area contributed by atoms with Gasteiger partial charge < -0.3 is 18.9 Å². The van der Waals surface area contributed by atoms with Crippen molar-refractivity contribution in [1.82, 2.24) is 14.7 Å². The van der Waals surface area contributed by atoms with E-state index in [1.54, 1.807) is 7.11 Å². The second-order valence-corrected chi connectivity index (χ2v) is 8.96. The van der Waals surface area contributed by atoms with Crippen LogP contribution in [0.5, 0.6) is 5.75 Å². The zero-order chi connectivity index (χ0) is 22.4. The third-order valence-corrected chi connectivity index (χ3v) is 6.69. The van der Waals surface area contributed by atoms with Gasteiger partial charge in [-0.2, -0.15) is 0 Å². The Morgan fingerprint density at radius 3 is 2.62 bits per heavy atom. The highest BCUT2D eigenvalue weighted by molar-refractivity contribution is 6.32. The molecule has 0 aliphatic heterocycles. The van der Waals surface area contributed by atoms with Crippen LogP contribution in [0.3, 0.4) is 0 Å². The molecular formula is C25H26ClN3O3. The number of rotatable bonds is 6. The van der Waals surface area contributed by atoms with Crippen molar-refractivity contribution in [3.8, 4) is 16.9 Å². The molecule has 0 radical (unpaired) electrons. The molecule has 1 N–H and O–H groups in total. The first kappa shape index (κ1) is 21.0. The average molecular weight is 452 g/mol. The second-order valence-electron chi connectivity index (χ2n) is 8.55. The first-order valence-electron chi connectivity index (χ1n) is 10.9.